The molecule has 0 aliphatic heterocycles. The van der Waals surface area contributed by atoms with Gasteiger partial charge in [-0.3, -0.25) is 9.98 Å². The van der Waals surface area contributed by atoms with Gasteiger partial charge in [-0.25, -0.2) is 4.39 Å². The van der Waals surface area contributed by atoms with Crippen LogP contribution in [0.2, 0.25) is 0 Å². The van der Waals surface area contributed by atoms with Crippen LogP contribution < -0.4 is 10.6 Å². The van der Waals surface area contributed by atoms with Crippen LogP contribution in [0.5, 0.6) is 0 Å². The minimum Gasteiger partial charge on any atom is -0.357 e. The Bertz CT molecular complexity index is 740. The number of pyridine rings is 1. The maximum absolute atomic E-state index is 13.5. The molecule has 2 N–H and O–H groups in total. The summed E-state index contributed by atoms with van der Waals surface area (Å²) in [5.74, 6) is 0.570. The molecule has 5 heteroatoms. The lowest BCUT2D eigenvalue weighted by Crippen LogP contribution is -2.39. The maximum Gasteiger partial charge on any atom is 0.191 e. The van der Waals surface area contributed by atoms with Gasteiger partial charge in [0, 0.05) is 30.9 Å². The third-order valence-electron chi connectivity index (χ3n) is 4.41. The van der Waals surface area contributed by atoms with E-state index in [-0.39, 0.29) is 11.2 Å². The number of aliphatic imine (C=N–C) groups is 1. The molecular formula is C21H29FN4. The van der Waals surface area contributed by atoms with E-state index < -0.39 is 0 Å². The molecule has 140 valence electrons. The van der Waals surface area contributed by atoms with E-state index in [2.05, 4.69) is 36.4 Å². The Hall–Kier alpha value is -2.43. The number of halogens is 1. The first-order chi connectivity index (χ1) is 12.4. The second-order valence-corrected chi connectivity index (χ2v) is 7.07. The van der Waals surface area contributed by atoms with Gasteiger partial charge in [0.15, 0.2) is 5.96 Å². The van der Waals surface area contributed by atoms with Crippen molar-refractivity contribution >= 4 is 5.96 Å². The van der Waals surface area contributed by atoms with Gasteiger partial charge in [-0.2, -0.15) is 0 Å². The molecule has 0 fully saturated rings. The highest BCUT2D eigenvalue weighted by Crippen LogP contribution is 2.24. The maximum atomic E-state index is 13.5. The van der Waals surface area contributed by atoms with Crippen molar-refractivity contribution in [3.63, 3.8) is 0 Å². The minimum atomic E-state index is -0.244. The number of guanidine groups is 1. The number of hydrogen-bond acceptors (Lipinski definition) is 2. The fourth-order valence-corrected chi connectivity index (χ4v) is 2.72. The molecular weight excluding hydrogens is 327 g/mol. The summed E-state index contributed by atoms with van der Waals surface area (Å²) in [5.41, 5.74) is 3.18. The van der Waals surface area contributed by atoms with E-state index in [1.54, 1.807) is 12.1 Å². The first-order valence-electron chi connectivity index (χ1n) is 9.10. The minimum absolute atomic E-state index is 0.211. The molecule has 2 rings (SSSR count). The van der Waals surface area contributed by atoms with Gasteiger partial charge in [0.2, 0.25) is 0 Å². The smallest absolute Gasteiger partial charge is 0.191 e. The van der Waals surface area contributed by atoms with Crippen LogP contribution in [0.25, 0.3) is 0 Å². The van der Waals surface area contributed by atoms with E-state index in [9.17, 15) is 4.39 Å². The van der Waals surface area contributed by atoms with Crippen molar-refractivity contribution in [3.8, 4) is 0 Å². The van der Waals surface area contributed by atoms with Crippen LogP contribution in [-0.4, -0.2) is 30.6 Å². The molecule has 0 amide bonds. The molecule has 0 spiro atoms. The van der Waals surface area contributed by atoms with Crippen LogP contribution in [0, 0.1) is 12.7 Å². The van der Waals surface area contributed by atoms with Crippen LogP contribution in [0.4, 0.5) is 4.39 Å². The zero-order valence-electron chi connectivity index (χ0n) is 16.1. The van der Waals surface area contributed by atoms with E-state index in [1.807, 2.05) is 31.5 Å². The summed E-state index contributed by atoms with van der Waals surface area (Å²) in [6, 6.07) is 8.80. The normalized spacial score (nSPS) is 12.1. The van der Waals surface area contributed by atoms with Crippen molar-refractivity contribution < 1.29 is 4.39 Å². The molecule has 0 unspecified atom stereocenters. The van der Waals surface area contributed by atoms with Gasteiger partial charge in [-0.15, -0.1) is 0 Å². The van der Waals surface area contributed by atoms with E-state index >= 15 is 0 Å². The van der Waals surface area contributed by atoms with Crippen LogP contribution in [0.15, 0.2) is 47.7 Å². The van der Waals surface area contributed by atoms with Crippen molar-refractivity contribution in [1.29, 1.82) is 0 Å². The van der Waals surface area contributed by atoms with Gasteiger partial charge in [0.1, 0.15) is 5.82 Å². The van der Waals surface area contributed by atoms with Gasteiger partial charge < -0.3 is 10.6 Å². The molecule has 0 atom stereocenters. The number of rotatable bonds is 7. The molecule has 2 aromatic rings. The number of nitrogens with zero attached hydrogens (tertiary/aromatic N) is 2. The highest BCUT2D eigenvalue weighted by Gasteiger charge is 2.21. The van der Waals surface area contributed by atoms with Gasteiger partial charge in [0.25, 0.3) is 0 Å². The topological polar surface area (TPSA) is 49.3 Å². The predicted octanol–water partition coefficient (Wildman–Crippen LogP) is 3.60. The van der Waals surface area contributed by atoms with Crippen LogP contribution in [0.3, 0.4) is 0 Å². The van der Waals surface area contributed by atoms with Gasteiger partial charge in [0.05, 0.1) is 6.54 Å². The van der Waals surface area contributed by atoms with E-state index in [4.69, 9.17) is 4.99 Å². The van der Waals surface area contributed by atoms with Crippen LogP contribution in [-0.2, 0) is 11.8 Å². The largest absolute Gasteiger partial charge is 0.357 e. The van der Waals surface area contributed by atoms with Crippen molar-refractivity contribution in [2.24, 2.45) is 4.99 Å². The zero-order chi connectivity index (χ0) is 19.0. The Balaban J connectivity index is 1.98. The van der Waals surface area contributed by atoms with Gasteiger partial charge in [-0.05, 0) is 55.2 Å². The summed E-state index contributed by atoms with van der Waals surface area (Å²) in [6.07, 6.45) is 4.62. The molecule has 0 aliphatic carbocycles. The Labute approximate surface area is 156 Å². The second kappa shape index (κ2) is 9.32. The molecule has 0 radical (unpaired) electrons. The molecule has 0 saturated heterocycles. The first-order valence-corrected chi connectivity index (χ1v) is 9.10. The fourth-order valence-electron chi connectivity index (χ4n) is 2.72. The summed E-state index contributed by atoms with van der Waals surface area (Å²) in [5, 5.41) is 6.65. The molecule has 0 aliphatic rings. The predicted molar refractivity (Wildman–Crippen MR) is 106 cm³/mol. The summed E-state index contributed by atoms with van der Waals surface area (Å²) >= 11 is 0. The number of benzene rings is 1. The average molecular weight is 356 g/mol. The monoisotopic (exact) mass is 356 g/mol. The zero-order valence-corrected chi connectivity index (χ0v) is 16.1. The number of aromatic nitrogens is 1. The van der Waals surface area contributed by atoms with Crippen molar-refractivity contribution in [1.82, 2.24) is 15.6 Å². The quantitative estimate of drug-likeness (QED) is 0.589. The summed E-state index contributed by atoms with van der Waals surface area (Å²) < 4.78 is 13.5. The van der Waals surface area contributed by atoms with E-state index in [0.29, 0.717) is 6.54 Å². The van der Waals surface area contributed by atoms with Crippen molar-refractivity contribution in [2.45, 2.75) is 39.5 Å². The van der Waals surface area contributed by atoms with Crippen LogP contribution >= 0.6 is 0 Å². The lowest BCUT2D eigenvalue weighted by atomic mass is 9.85. The number of nitrogens with one attached hydrogen (secondary N) is 2. The fraction of sp³-hybridized carbons (Fsp3) is 0.429. The third kappa shape index (κ3) is 5.83. The lowest BCUT2D eigenvalue weighted by molar-refractivity contribution is 0.529. The van der Waals surface area contributed by atoms with Gasteiger partial charge >= 0.3 is 0 Å². The Kier molecular flexibility index (Phi) is 7.13. The summed E-state index contributed by atoms with van der Waals surface area (Å²) in [7, 11) is 0. The van der Waals surface area contributed by atoms with Crippen LogP contribution in [0.1, 0.15) is 37.5 Å². The van der Waals surface area contributed by atoms with Gasteiger partial charge in [-0.1, -0.05) is 26.0 Å². The van der Waals surface area contributed by atoms with E-state index in [1.165, 1.54) is 17.2 Å². The summed E-state index contributed by atoms with van der Waals surface area (Å²) in [6.45, 7) is 10.4. The van der Waals surface area contributed by atoms with Crippen molar-refractivity contribution in [2.75, 3.05) is 19.6 Å². The first kappa shape index (κ1) is 19.9. The number of hydrogen-bond donors (Lipinski definition) is 2. The molecule has 1 aromatic heterocycles. The standard InChI is InChI=1S/C21H29FN4/c1-5-24-20(25-12-10-17-9-11-23-14-16(17)2)26-15-21(3,4)18-7-6-8-19(22)13-18/h6-9,11,13-14H,5,10,12,15H2,1-4H3,(H2,24,25,26). The molecule has 26 heavy (non-hydrogen) atoms. The third-order valence-corrected chi connectivity index (χ3v) is 4.41. The molecule has 0 bridgehead atoms. The Morgan fingerprint density at radius 2 is 2.04 bits per heavy atom. The molecule has 4 nitrogen and oxygen atoms in total. The molecule has 1 aromatic carbocycles. The Morgan fingerprint density at radius 1 is 1.23 bits per heavy atom. The lowest BCUT2D eigenvalue weighted by Gasteiger charge is -2.24. The Morgan fingerprint density at radius 3 is 2.73 bits per heavy atom. The number of aryl methyl sites for hydroxylation is 1. The average Bonchev–Trinajstić information content (AvgIpc) is 2.61. The SMILES string of the molecule is CCNC(=NCC(C)(C)c1cccc(F)c1)NCCc1ccncc1C. The van der Waals surface area contributed by atoms with Crippen molar-refractivity contribution in [3.05, 3.63) is 65.2 Å². The second-order valence-electron chi connectivity index (χ2n) is 7.07. The highest BCUT2D eigenvalue weighted by atomic mass is 19.1. The molecule has 1 heterocycles. The highest BCUT2D eigenvalue weighted by molar-refractivity contribution is 5.79. The summed E-state index contributed by atoms with van der Waals surface area (Å²) in [4.78, 5) is 8.83. The van der Waals surface area contributed by atoms with E-state index in [0.717, 1.165) is 31.0 Å². The molecule has 0 saturated carbocycles.